The van der Waals surface area contributed by atoms with Crippen LogP contribution in [0.5, 0.6) is 0 Å². The molecule has 0 amide bonds. The summed E-state index contributed by atoms with van der Waals surface area (Å²) in [5.41, 5.74) is 2.00. The lowest BCUT2D eigenvalue weighted by Crippen LogP contribution is -2.04. The van der Waals surface area contributed by atoms with E-state index >= 15 is 0 Å². The molecule has 1 heterocycles. The summed E-state index contributed by atoms with van der Waals surface area (Å²) in [4.78, 5) is 17.0. The summed E-state index contributed by atoms with van der Waals surface area (Å²) in [5, 5.41) is 12.0. The number of ketones is 1. The number of aromatic nitrogens is 1. The maximum atomic E-state index is 12.6. The molecule has 0 aliphatic rings. The number of rotatable bonds is 4. The van der Waals surface area contributed by atoms with E-state index in [9.17, 15) is 10.2 Å². The van der Waals surface area contributed by atoms with Gasteiger partial charge in [0.05, 0.1) is 16.3 Å². The van der Waals surface area contributed by atoms with Gasteiger partial charge in [0, 0.05) is 16.5 Å². The molecule has 1 aromatic heterocycles. The molecule has 3 rings (SSSR count). The van der Waals surface area contributed by atoms with Crippen molar-refractivity contribution in [3.05, 3.63) is 81.0 Å². The minimum Gasteiger partial charge on any atom is -0.763 e. The zero-order valence-corrected chi connectivity index (χ0v) is 13.4. The fourth-order valence-electron chi connectivity index (χ4n) is 2.11. The summed E-state index contributed by atoms with van der Waals surface area (Å²) in [7, 11) is 0. The molecule has 2 aromatic carbocycles. The molecule has 5 heteroatoms. The Morgan fingerprint density at radius 3 is 2.48 bits per heavy atom. The highest BCUT2D eigenvalue weighted by Gasteiger charge is 2.18. The second-order valence-corrected chi connectivity index (χ2v) is 5.97. The van der Waals surface area contributed by atoms with Crippen LogP contribution in [-0.4, -0.2) is 16.6 Å². The van der Waals surface area contributed by atoms with Crippen LogP contribution in [0.1, 0.15) is 15.4 Å². The van der Waals surface area contributed by atoms with Crippen molar-refractivity contribution in [2.75, 3.05) is 0 Å². The van der Waals surface area contributed by atoms with Gasteiger partial charge >= 0.3 is 0 Å². The van der Waals surface area contributed by atoms with Crippen molar-refractivity contribution in [2.45, 2.75) is 0 Å². The predicted octanol–water partition coefficient (Wildman–Crippen LogP) is 4.97. The van der Waals surface area contributed by atoms with Crippen LogP contribution in [0, 0.1) is 0 Å². The van der Waals surface area contributed by atoms with Crippen LogP contribution in [0.2, 0.25) is 5.02 Å². The molecule has 0 saturated heterocycles. The average Bonchev–Trinajstić information content (AvgIpc) is 3.06. The van der Waals surface area contributed by atoms with Gasteiger partial charge in [0.2, 0.25) is 5.78 Å². The van der Waals surface area contributed by atoms with Gasteiger partial charge in [0.15, 0.2) is 0 Å². The Labute approximate surface area is 142 Å². The van der Waals surface area contributed by atoms with Crippen molar-refractivity contribution >= 4 is 40.2 Å². The van der Waals surface area contributed by atoms with Gasteiger partial charge in [-0.25, -0.2) is 4.98 Å². The van der Waals surface area contributed by atoms with E-state index in [2.05, 4.69) is 4.98 Å². The number of allylic oxidation sites excluding steroid dienone is 1. The molecule has 3 aromatic rings. The van der Waals surface area contributed by atoms with Crippen molar-refractivity contribution in [3.8, 4) is 11.3 Å². The van der Waals surface area contributed by atoms with E-state index in [1.54, 1.807) is 24.3 Å². The SMILES string of the molecule is [N-]=C=C(C(=O)c1ccccc1Cl)c1nc(-c2ccccc2)cs1. The summed E-state index contributed by atoms with van der Waals surface area (Å²) >= 11 is 7.32. The summed E-state index contributed by atoms with van der Waals surface area (Å²) in [5.74, 6) is 1.55. The van der Waals surface area contributed by atoms with Crippen LogP contribution in [-0.2, 0) is 0 Å². The predicted molar refractivity (Wildman–Crippen MR) is 95.1 cm³/mol. The fraction of sp³-hybridized carbons (Fsp3) is 0. The molecule has 0 aliphatic heterocycles. The number of Topliss-reactive ketones (excluding diaryl/α,β-unsaturated/α-hetero) is 1. The monoisotopic (exact) mass is 337 g/mol. The van der Waals surface area contributed by atoms with Gasteiger partial charge in [-0.15, -0.1) is 11.3 Å². The first-order valence-corrected chi connectivity index (χ1v) is 8.04. The van der Waals surface area contributed by atoms with E-state index < -0.39 is 5.78 Å². The Balaban J connectivity index is 1.97. The van der Waals surface area contributed by atoms with E-state index in [-0.39, 0.29) is 5.57 Å². The molecule has 0 unspecified atom stereocenters. The molecule has 0 spiro atoms. The van der Waals surface area contributed by atoms with Crippen molar-refractivity contribution in [2.24, 2.45) is 0 Å². The largest absolute Gasteiger partial charge is 0.763 e. The third-order valence-corrected chi connectivity index (χ3v) is 4.43. The maximum absolute atomic E-state index is 12.6. The lowest BCUT2D eigenvalue weighted by Gasteiger charge is -2.04. The van der Waals surface area contributed by atoms with Crippen LogP contribution >= 0.6 is 22.9 Å². The lowest BCUT2D eigenvalue weighted by atomic mass is 10.0. The van der Waals surface area contributed by atoms with E-state index in [0.717, 1.165) is 11.3 Å². The standard InChI is InChI=1S/C18H10ClN2OS/c19-15-9-5-4-8-13(15)17(22)14(10-20)18-21-16(11-23-18)12-6-2-1-3-7-12/h1-9,11H/q-1. The third-order valence-electron chi connectivity index (χ3n) is 3.24. The van der Waals surface area contributed by atoms with Crippen LogP contribution in [0.4, 0.5) is 0 Å². The lowest BCUT2D eigenvalue weighted by molar-refractivity contribution is 0.105. The molecule has 0 bridgehead atoms. The number of thiazole rings is 1. The molecule has 0 atom stereocenters. The Hall–Kier alpha value is -2.52. The van der Waals surface area contributed by atoms with Gasteiger partial charge in [0.25, 0.3) is 0 Å². The number of carbonyl (C=O) groups is 1. The average molecular weight is 338 g/mol. The molecule has 0 N–H and O–H groups in total. The zero-order valence-electron chi connectivity index (χ0n) is 11.9. The number of hydrogen-bond donors (Lipinski definition) is 0. The van der Waals surface area contributed by atoms with Crippen LogP contribution < -0.4 is 0 Å². The van der Waals surface area contributed by atoms with Gasteiger partial charge in [-0.1, -0.05) is 54.1 Å². The number of hydrogen-bond acceptors (Lipinski definition) is 3. The minimum atomic E-state index is -0.410. The molecule has 0 saturated carbocycles. The number of carbonyl (C=O) groups excluding carboxylic acids is 1. The summed E-state index contributed by atoms with van der Waals surface area (Å²) in [6.07, 6.45) is 0. The molecular formula is C18H10ClN2OS-. The zero-order chi connectivity index (χ0) is 16.2. The van der Waals surface area contributed by atoms with Gasteiger partial charge in [-0.3, -0.25) is 10.7 Å². The number of benzene rings is 2. The Morgan fingerprint density at radius 2 is 1.78 bits per heavy atom. The first-order valence-electron chi connectivity index (χ1n) is 6.78. The molecule has 0 aliphatic carbocycles. The second kappa shape index (κ2) is 6.71. The normalized spacial score (nSPS) is 10.1. The summed E-state index contributed by atoms with van der Waals surface area (Å²) in [6, 6.07) is 16.3. The van der Waals surface area contributed by atoms with Crippen molar-refractivity contribution < 1.29 is 4.79 Å². The molecular weight excluding hydrogens is 328 g/mol. The minimum absolute atomic E-state index is 0.00489. The fourth-order valence-corrected chi connectivity index (χ4v) is 3.15. The molecule has 112 valence electrons. The molecule has 0 fully saturated rings. The highest BCUT2D eigenvalue weighted by atomic mass is 35.5. The van der Waals surface area contributed by atoms with Gasteiger partial charge < -0.3 is 5.41 Å². The molecule has 3 nitrogen and oxygen atoms in total. The van der Waals surface area contributed by atoms with Crippen molar-refractivity contribution in [3.63, 3.8) is 0 Å². The number of halogens is 1. The summed E-state index contributed by atoms with van der Waals surface area (Å²) in [6.45, 7) is 0. The van der Waals surface area contributed by atoms with Crippen LogP contribution in [0.15, 0.2) is 60.0 Å². The Kier molecular flexibility index (Phi) is 4.49. The third kappa shape index (κ3) is 3.15. The molecule has 0 radical (unpaired) electrons. The van der Waals surface area contributed by atoms with E-state index in [4.69, 9.17) is 11.6 Å². The van der Waals surface area contributed by atoms with Gasteiger partial charge in [-0.2, -0.15) is 0 Å². The Bertz CT molecular complexity index is 912. The molecule has 23 heavy (non-hydrogen) atoms. The first-order chi connectivity index (χ1) is 11.2. The van der Waals surface area contributed by atoms with E-state index in [0.29, 0.717) is 15.6 Å². The van der Waals surface area contributed by atoms with E-state index in [1.165, 1.54) is 11.3 Å². The van der Waals surface area contributed by atoms with Crippen LogP contribution in [0.25, 0.3) is 22.2 Å². The van der Waals surface area contributed by atoms with Crippen LogP contribution in [0.3, 0.4) is 0 Å². The maximum Gasteiger partial charge on any atom is 0.203 e. The topological polar surface area (TPSA) is 52.3 Å². The quantitative estimate of drug-likeness (QED) is 0.383. The number of nitrogens with zero attached hydrogens (tertiary/aromatic N) is 2. The van der Waals surface area contributed by atoms with Crippen molar-refractivity contribution in [1.82, 2.24) is 4.98 Å². The highest BCUT2D eigenvalue weighted by molar-refractivity contribution is 7.11. The van der Waals surface area contributed by atoms with Crippen molar-refractivity contribution in [1.29, 1.82) is 0 Å². The Morgan fingerprint density at radius 1 is 1.09 bits per heavy atom. The highest BCUT2D eigenvalue weighted by Crippen LogP contribution is 2.28. The van der Waals surface area contributed by atoms with Gasteiger partial charge in [0.1, 0.15) is 5.01 Å². The van der Waals surface area contributed by atoms with E-state index in [1.807, 2.05) is 41.6 Å². The summed E-state index contributed by atoms with van der Waals surface area (Å²) < 4.78 is 0. The second-order valence-electron chi connectivity index (χ2n) is 4.70. The smallest absolute Gasteiger partial charge is 0.203 e. The van der Waals surface area contributed by atoms with Gasteiger partial charge in [-0.05, 0) is 12.1 Å². The first kappa shape index (κ1) is 15.4.